The van der Waals surface area contributed by atoms with E-state index in [1.54, 1.807) is 24.3 Å². The lowest BCUT2D eigenvalue weighted by molar-refractivity contribution is -0.147. The number of benzene rings is 1. The Morgan fingerprint density at radius 1 is 1.20 bits per heavy atom. The zero-order valence-electron chi connectivity index (χ0n) is 11.1. The van der Waals surface area contributed by atoms with Gasteiger partial charge in [0, 0.05) is 5.02 Å². The van der Waals surface area contributed by atoms with E-state index in [0.29, 0.717) is 35.1 Å². The van der Waals surface area contributed by atoms with Gasteiger partial charge in [0.2, 0.25) is 0 Å². The fourth-order valence-electron chi connectivity index (χ4n) is 3.00. The molecule has 106 valence electrons. The monoisotopic (exact) mass is 292 g/mol. The van der Waals surface area contributed by atoms with E-state index >= 15 is 0 Å². The number of allylic oxidation sites excluding steroid dienone is 2. The lowest BCUT2D eigenvalue weighted by Gasteiger charge is -2.17. The van der Waals surface area contributed by atoms with Crippen LogP contribution in [0.15, 0.2) is 36.4 Å². The van der Waals surface area contributed by atoms with E-state index in [9.17, 15) is 4.79 Å². The van der Waals surface area contributed by atoms with Crippen molar-refractivity contribution in [3.8, 4) is 5.75 Å². The summed E-state index contributed by atoms with van der Waals surface area (Å²) in [5.74, 6) is 2.10. The highest BCUT2D eigenvalue weighted by Gasteiger charge is 2.36. The van der Waals surface area contributed by atoms with E-state index in [1.165, 1.54) is 6.42 Å². The van der Waals surface area contributed by atoms with E-state index in [-0.39, 0.29) is 12.6 Å². The molecule has 1 saturated carbocycles. The molecule has 0 aliphatic heterocycles. The van der Waals surface area contributed by atoms with Crippen LogP contribution in [0.25, 0.3) is 0 Å². The van der Waals surface area contributed by atoms with Crippen LogP contribution in [0.5, 0.6) is 5.75 Å². The molecule has 0 aromatic heterocycles. The van der Waals surface area contributed by atoms with Crippen LogP contribution in [0.2, 0.25) is 5.02 Å². The second-order valence-corrected chi connectivity index (χ2v) is 5.90. The van der Waals surface area contributed by atoms with Gasteiger partial charge in [-0.15, -0.1) is 0 Å². The summed E-state index contributed by atoms with van der Waals surface area (Å²) in [7, 11) is 0. The quantitative estimate of drug-likeness (QED) is 0.616. The minimum absolute atomic E-state index is 0.0573. The molecule has 1 aromatic carbocycles. The number of hydrogen-bond donors (Lipinski definition) is 0. The van der Waals surface area contributed by atoms with Crippen molar-refractivity contribution in [2.75, 3.05) is 13.2 Å². The number of carbonyl (C=O) groups is 1. The highest BCUT2D eigenvalue weighted by atomic mass is 35.5. The number of hydrogen-bond acceptors (Lipinski definition) is 3. The molecule has 3 unspecified atom stereocenters. The van der Waals surface area contributed by atoms with Gasteiger partial charge >= 0.3 is 5.97 Å². The Kier molecular flexibility index (Phi) is 3.97. The molecule has 3 rings (SSSR count). The maximum Gasteiger partial charge on any atom is 0.344 e. The first-order valence-corrected chi connectivity index (χ1v) is 7.31. The molecule has 1 fully saturated rings. The van der Waals surface area contributed by atoms with Crippen LogP contribution in [0, 0.1) is 17.8 Å². The lowest BCUT2D eigenvalue weighted by atomic mass is 9.95. The minimum Gasteiger partial charge on any atom is -0.482 e. The summed E-state index contributed by atoms with van der Waals surface area (Å²) in [5.41, 5.74) is 0. The van der Waals surface area contributed by atoms with Crippen LogP contribution in [0.3, 0.4) is 0 Å². The average Bonchev–Trinajstić information content (AvgIpc) is 3.07. The van der Waals surface area contributed by atoms with Crippen LogP contribution < -0.4 is 4.74 Å². The van der Waals surface area contributed by atoms with Crippen LogP contribution in [-0.4, -0.2) is 19.2 Å². The maximum atomic E-state index is 11.7. The molecule has 0 saturated heterocycles. The van der Waals surface area contributed by atoms with Gasteiger partial charge in [0.05, 0.1) is 6.61 Å². The molecule has 2 aliphatic carbocycles. The molecule has 3 atom stereocenters. The molecule has 0 amide bonds. The van der Waals surface area contributed by atoms with Gasteiger partial charge in [-0.25, -0.2) is 4.79 Å². The van der Waals surface area contributed by atoms with Gasteiger partial charge in [0.1, 0.15) is 5.75 Å². The van der Waals surface area contributed by atoms with E-state index in [4.69, 9.17) is 21.1 Å². The second-order valence-electron chi connectivity index (χ2n) is 5.47. The van der Waals surface area contributed by atoms with Crippen molar-refractivity contribution in [3.05, 3.63) is 41.4 Å². The summed E-state index contributed by atoms with van der Waals surface area (Å²) in [4.78, 5) is 11.7. The molecular weight excluding hydrogens is 276 g/mol. The van der Waals surface area contributed by atoms with Gasteiger partial charge in [-0.05, 0) is 54.9 Å². The van der Waals surface area contributed by atoms with Gasteiger partial charge in [-0.1, -0.05) is 23.8 Å². The van der Waals surface area contributed by atoms with E-state index in [2.05, 4.69) is 12.2 Å². The van der Waals surface area contributed by atoms with Crippen LogP contribution >= 0.6 is 11.6 Å². The van der Waals surface area contributed by atoms with E-state index in [1.807, 2.05) is 0 Å². The van der Waals surface area contributed by atoms with E-state index in [0.717, 1.165) is 6.42 Å². The van der Waals surface area contributed by atoms with E-state index < -0.39 is 0 Å². The third-order valence-electron chi connectivity index (χ3n) is 4.05. The topological polar surface area (TPSA) is 35.5 Å². The standard InChI is InChI=1S/C16H17ClO3/c17-14-3-5-15(6-4-14)19-10-16(18)20-9-13-8-11-1-2-12(13)7-11/h1-6,11-13H,7-10H2. The summed E-state index contributed by atoms with van der Waals surface area (Å²) in [6, 6.07) is 6.92. The van der Waals surface area contributed by atoms with Crippen molar-refractivity contribution < 1.29 is 14.3 Å². The molecular formula is C16H17ClO3. The maximum absolute atomic E-state index is 11.7. The molecule has 0 N–H and O–H groups in total. The Bertz CT molecular complexity index is 509. The third kappa shape index (κ3) is 3.15. The number of halogens is 1. The zero-order valence-corrected chi connectivity index (χ0v) is 11.9. The predicted molar refractivity (Wildman–Crippen MR) is 76.8 cm³/mol. The van der Waals surface area contributed by atoms with Gasteiger partial charge in [0.15, 0.2) is 6.61 Å². The molecule has 4 heteroatoms. The molecule has 3 nitrogen and oxygen atoms in total. The summed E-state index contributed by atoms with van der Waals surface area (Å²) < 4.78 is 10.7. The Hall–Kier alpha value is -1.48. The normalized spacial score (nSPS) is 26.8. The Morgan fingerprint density at radius 2 is 2.00 bits per heavy atom. The highest BCUT2D eigenvalue weighted by Crippen LogP contribution is 2.43. The first-order chi connectivity index (χ1) is 9.70. The van der Waals surface area contributed by atoms with Crippen LogP contribution in [0.4, 0.5) is 0 Å². The Balaban J connectivity index is 1.39. The number of fused-ring (bicyclic) bond motifs is 2. The second kappa shape index (κ2) is 5.88. The van der Waals surface area contributed by atoms with Gasteiger partial charge in [-0.3, -0.25) is 0 Å². The first kappa shape index (κ1) is 13.5. The fraction of sp³-hybridized carbons (Fsp3) is 0.438. The number of carbonyl (C=O) groups excluding carboxylic acids is 1. The molecule has 0 spiro atoms. The number of esters is 1. The summed E-state index contributed by atoms with van der Waals surface area (Å²) in [6.45, 7) is 0.451. The summed E-state index contributed by atoms with van der Waals surface area (Å²) >= 11 is 5.78. The smallest absolute Gasteiger partial charge is 0.344 e. The molecule has 1 aromatic rings. The van der Waals surface area contributed by atoms with Gasteiger partial charge in [-0.2, -0.15) is 0 Å². The number of ether oxygens (including phenoxy) is 2. The Labute approximate surface area is 123 Å². The zero-order chi connectivity index (χ0) is 13.9. The molecule has 0 radical (unpaired) electrons. The van der Waals surface area contributed by atoms with Crippen molar-refractivity contribution in [1.82, 2.24) is 0 Å². The largest absolute Gasteiger partial charge is 0.482 e. The molecule has 0 heterocycles. The SMILES string of the molecule is O=C(COc1ccc(Cl)cc1)OCC1CC2C=CC1C2. The third-order valence-corrected chi connectivity index (χ3v) is 4.30. The molecule has 2 bridgehead atoms. The highest BCUT2D eigenvalue weighted by molar-refractivity contribution is 6.30. The molecule has 2 aliphatic rings. The van der Waals surface area contributed by atoms with Crippen LogP contribution in [0.1, 0.15) is 12.8 Å². The van der Waals surface area contributed by atoms with Crippen molar-refractivity contribution in [2.45, 2.75) is 12.8 Å². The van der Waals surface area contributed by atoms with Crippen molar-refractivity contribution in [1.29, 1.82) is 0 Å². The minimum atomic E-state index is -0.313. The number of rotatable bonds is 5. The lowest BCUT2D eigenvalue weighted by Crippen LogP contribution is -2.21. The van der Waals surface area contributed by atoms with Gasteiger partial charge in [0.25, 0.3) is 0 Å². The van der Waals surface area contributed by atoms with Gasteiger partial charge < -0.3 is 9.47 Å². The summed E-state index contributed by atoms with van der Waals surface area (Å²) in [5, 5.41) is 0.643. The van der Waals surface area contributed by atoms with Crippen molar-refractivity contribution >= 4 is 17.6 Å². The van der Waals surface area contributed by atoms with Crippen molar-refractivity contribution in [2.24, 2.45) is 17.8 Å². The average molecular weight is 293 g/mol. The summed E-state index contributed by atoms with van der Waals surface area (Å²) in [6.07, 6.45) is 6.92. The predicted octanol–water partition coefficient (Wildman–Crippen LogP) is 3.47. The molecule has 20 heavy (non-hydrogen) atoms. The van der Waals surface area contributed by atoms with Crippen LogP contribution in [-0.2, 0) is 9.53 Å². The first-order valence-electron chi connectivity index (χ1n) is 6.93. The Morgan fingerprint density at radius 3 is 2.65 bits per heavy atom. The van der Waals surface area contributed by atoms with Crippen molar-refractivity contribution in [3.63, 3.8) is 0 Å². The fourth-order valence-corrected chi connectivity index (χ4v) is 3.13.